The largest absolute Gasteiger partial charge is 0.462 e. The number of ether oxygens (including phenoxy) is 1. The molecule has 2 aromatic rings. The number of hydrogen-bond donors (Lipinski definition) is 2. The molecule has 7 nitrogen and oxygen atoms in total. The maximum atomic E-state index is 12.4. The van der Waals surface area contributed by atoms with Crippen LogP contribution in [0.4, 0.5) is 5.69 Å². The highest BCUT2D eigenvalue weighted by atomic mass is 16.5. The van der Waals surface area contributed by atoms with Gasteiger partial charge in [-0.3, -0.25) is 14.6 Å². The molecular formula is C20H23N3O4. The Morgan fingerprint density at radius 1 is 1.04 bits per heavy atom. The van der Waals surface area contributed by atoms with E-state index in [2.05, 4.69) is 15.6 Å². The molecule has 0 spiro atoms. The highest BCUT2D eigenvalue weighted by molar-refractivity contribution is 6.05. The Kier molecular flexibility index (Phi) is 7.05. The summed E-state index contributed by atoms with van der Waals surface area (Å²) in [4.78, 5) is 40.2. The number of anilines is 1. The molecule has 7 heteroatoms. The van der Waals surface area contributed by atoms with Gasteiger partial charge in [-0.25, -0.2) is 4.79 Å². The van der Waals surface area contributed by atoms with Gasteiger partial charge in [-0.05, 0) is 49.2 Å². The lowest BCUT2D eigenvalue weighted by molar-refractivity contribution is 0.0526. The standard InChI is InChI=1S/C20H23N3O4/c1-4-27-20(26)14-5-7-16(8-6-14)23-19(25)17-11-15(9-10-21-17)18(24)22-12-13(2)3/h5-11,13H,4,12H2,1-3H3,(H,22,24)(H,23,25). The van der Waals surface area contributed by atoms with Crippen molar-refractivity contribution in [1.29, 1.82) is 0 Å². The Morgan fingerprint density at radius 3 is 2.37 bits per heavy atom. The lowest BCUT2D eigenvalue weighted by Crippen LogP contribution is -2.27. The second-order valence-electron chi connectivity index (χ2n) is 6.29. The number of nitrogens with one attached hydrogen (secondary N) is 2. The molecule has 1 heterocycles. The zero-order valence-corrected chi connectivity index (χ0v) is 15.6. The number of pyridine rings is 1. The van der Waals surface area contributed by atoms with Crippen LogP contribution in [-0.4, -0.2) is 35.9 Å². The van der Waals surface area contributed by atoms with E-state index in [0.717, 1.165) is 0 Å². The molecule has 0 aliphatic rings. The number of carbonyl (C=O) groups is 3. The Hall–Kier alpha value is -3.22. The van der Waals surface area contributed by atoms with Gasteiger partial charge in [0.25, 0.3) is 11.8 Å². The molecule has 1 aromatic heterocycles. The van der Waals surface area contributed by atoms with E-state index in [9.17, 15) is 14.4 Å². The summed E-state index contributed by atoms with van der Waals surface area (Å²) < 4.78 is 4.91. The predicted molar refractivity (Wildman–Crippen MR) is 102 cm³/mol. The monoisotopic (exact) mass is 369 g/mol. The van der Waals surface area contributed by atoms with Gasteiger partial charge < -0.3 is 15.4 Å². The van der Waals surface area contributed by atoms with Crippen LogP contribution in [0.5, 0.6) is 0 Å². The number of nitrogens with zero attached hydrogens (tertiary/aromatic N) is 1. The van der Waals surface area contributed by atoms with E-state index in [1.807, 2.05) is 13.8 Å². The molecule has 0 radical (unpaired) electrons. The maximum absolute atomic E-state index is 12.4. The first-order valence-corrected chi connectivity index (χ1v) is 8.73. The fourth-order valence-corrected chi connectivity index (χ4v) is 2.19. The molecule has 2 amide bonds. The molecule has 2 N–H and O–H groups in total. The van der Waals surface area contributed by atoms with Crippen molar-refractivity contribution < 1.29 is 19.1 Å². The fourth-order valence-electron chi connectivity index (χ4n) is 2.19. The summed E-state index contributed by atoms with van der Waals surface area (Å²) in [6.45, 7) is 6.58. The highest BCUT2D eigenvalue weighted by Gasteiger charge is 2.13. The molecule has 0 aliphatic heterocycles. The number of hydrogen-bond acceptors (Lipinski definition) is 5. The van der Waals surface area contributed by atoms with Crippen LogP contribution in [0, 0.1) is 5.92 Å². The summed E-state index contributed by atoms with van der Waals surface area (Å²) in [5.41, 5.74) is 1.40. The van der Waals surface area contributed by atoms with Gasteiger partial charge in [0.15, 0.2) is 0 Å². The summed E-state index contributed by atoms with van der Waals surface area (Å²) in [6.07, 6.45) is 1.42. The van der Waals surface area contributed by atoms with Crippen molar-refractivity contribution in [2.75, 3.05) is 18.5 Å². The van der Waals surface area contributed by atoms with Crippen LogP contribution < -0.4 is 10.6 Å². The molecule has 27 heavy (non-hydrogen) atoms. The number of rotatable bonds is 7. The van der Waals surface area contributed by atoms with E-state index in [0.29, 0.717) is 35.9 Å². The molecule has 0 aliphatic carbocycles. The van der Waals surface area contributed by atoms with Crippen molar-refractivity contribution in [3.63, 3.8) is 0 Å². The smallest absolute Gasteiger partial charge is 0.338 e. The predicted octanol–water partition coefficient (Wildman–Crippen LogP) is 2.90. The van der Waals surface area contributed by atoms with Crippen molar-refractivity contribution in [3.05, 3.63) is 59.4 Å². The first-order chi connectivity index (χ1) is 12.9. The lowest BCUT2D eigenvalue weighted by Gasteiger charge is -2.09. The number of aromatic nitrogens is 1. The van der Waals surface area contributed by atoms with Crippen molar-refractivity contribution in [2.45, 2.75) is 20.8 Å². The third-order valence-electron chi connectivity index (χ3n) is 3.58. The van der Waals surface area contributed by atoms with Gasteiger partial charge in [0.1, 0.15) is 5.69 Å². The van der Waals surface area contributed by atoms with Crippen molar-refractivity contribution >= 4 is 23.5 Å². The van der Waals surface area contributed by atoms with Crippen molar-refractivity contribution in [2.24, 2.45) is 5.92 Å². The Labute approximate surface area is 158 Å². The first kappa shape index (κ1) is 20.1. The molecule has 0 atom stereocenters. The Morgan fingerprint density at radius 2 is 1.74 bits per heavy atom. The Bertz CT molecular complexity index is 816. The van der Waals surface area contributed by atoms with E-state index >= 15 is 0 Å². The SMILES string of the molecule is CCOC(=O)c1ccc(NC(=O)c2cc(C(=O)NCC(C)C)ccn2)cc1. The van der Waals surface area contributed by atoms with Gasteiger partial charge in [-0.15, -0.1) is 0 Å². The van der Waals surface area contributed by atoms with Crippen molar-refractivity contribution in [3.8, 4) is 0 Å². The summed E-state index contributed by atoms with van der Waals surface area (Å²) >= 11 is 0. The van der Waals surface area contributed by atoms with Crippen LogP contribution in [0.2, 0.25) is 0 Å². The van der Waals surface area contributed by atoms with Crippen LogP contribution in [0.3, 0.4) is 0 Å². The van der Waals surface area contributed by atoms with Crippen molar-refractivity contribution in [1.82, 2.24) is 10.3 Å². The van der Waals surface area contributed by atoms with Crippen LogP contribution >= 0.6 is 0 Å². The topological polar surface area (TPSA) is 97.4 Å². The molecule has 0 unspecified atom stereocenters. The lowest BCUT2D eigenvalue weighted by atomic mass is 10.1. The molecule has 0 fully saturated rings. The minimum absolute atomic E-state index is 0.127. The number of esters is 1. The van der Waals surface area contributed by atoms with E-state index in [4.69, 9.17) is 4.74 Å². The van der Waals surface area contributed by atoms with Crippen LogP contribution in [0.25, 0.3) is 0 Å². The third-order valence-corrected chi connectivity index (χ3v) is 3.58. The zero-order chi connectivity index (χ0) is 19.8. The van der Waals surface area contributed by atoms with Crippen LogP contribution in [0.1, 0.15) is 52.0 Å². The first-order valence-electron chi connectivity index (χ1n) is 8.73. The van der Waals surface area contributed by atoms with E-state index < -0.39 is 11.9 Å². The second-order valence-corrected chi connectivity index (χ2v) is 6.29. The zero-order valence-electron chi connectivity index (χ0n) is 15.6. The van der Waals surface area contributed by atoms with Crippen LogP contribution in [-0.2, 0) is 4.74 Å². The molecule has 0 saturated carbocycles. The second kappa shape index (κ2) is 9.47. The van der Waals surface area contributed by atoms with E-state index in [1.165, 1.54) is 12.3 Å². The normalized spacial score (nSPS) is 10.4. The molecule has 1 aromatic carbocycles. The number of amides is 2. The summed E-state index contributed by atoms with van der Waals surface area (Å²) in [7, 11) is 0. The molecule has 142 valence electrons. The van der Waals surface area contributed by atoms with E-state index in [-0.39, 0.29) is 11.6 Å². The number of carbonyl (C=O) groups excluding carboxylic acids is 3. The maximum Gasteiger partial charge on any atom is 0.338 e. The van der Waals surface area contributed by atoms with Gasteiger partial charge in [0.2, 0.25) is 0 Å². The summed E-state index contributed by atoms with van der Waals surface area (Å²) in [5.74, 6) is -0.787. The van der Waals surface area contributed by atoms with Gasteiger partial charge in [-0.2, -0.15) is 0 Å². The summed E-state index contributed by atoms with van der Waals surface area (Å²) in [5, 5.41) is 5.49. The van der Waals surface area contributed by atoms with Gasteiger partial charge in [-0.1, -0.05) is 13.8 Å². The highest BCUT2D eigenvalue weighted by Crippen LogP contribution is 2.12. The average Bonchev–Trinajstić information content (AvgIpc) is 2.67. The average molecular weight is 369 g/mol. The van der Waals surface area contributed by atoms with Gasteiger partial charge >= 0.3 is 5.97 Å². The number of benzene rings is 1. The third kappa shape index (κ3) is 5.91. The minimum atomic E-state index is -0.447. The summed E-state index contributed by atoms with van der Waals surface area (Å²) in [6, 6.07) is 9.33. The quantitative estimate of drug-likeness (QED) is 0.732. The molecule has 0 saturated heterocycles. The van der Waals surface area contributed by atoms with Gasteiger partial charge in [0.05, 0.1) is 12.2 Å². The fraction of sp³-hybridized carbons (Fsp3) is 0.300. The molecule has 0 bridgehead atoms. The Balaban J connectivity index is 2.04. The molecule has 2 rings (SSSR count). The van der Waals surface area contributed by atoms with Gasteiger partial charge in [0, 0.05) is 24.0 Å². The molecular weight excluding hydrogens is 346 g/mol. The van der Waals surface area contributed by atoms with Crippen LogP contribution in [0.15, 0.2) is 42.6 Å². The minimum Gasteiger partial charge on any atom is -0.462 e. The van der Waals surface area contributed by atoms with E-state index in [1.54, 1.807) is 37.3 Å².